The van der Waals surface area contributed by atoms with Gasteiger partial charge in [0.05, 0.1) is 11.1 Å². The van der Waals surface area contributed by atoms with Gasteiger partial charge in [-0.2, -0.15) is 0 Å². The highest BCUT2D eigenvalue weighted by molar-refractivity contribution is 6.23. The van der Waals surface area contributed by atoms with Crippen LogP contribution in [0.5, 0.6) is 0 Å². The number of amides is 5. The number of anilines is 1. The number of hydrogen-bond donors (Lipinski definition) is 2. The second-order valence-electron chi connectivity index (χ2n) is 10.8. The minimum Gasteiger partial charge on any atom is -0.369 e. The maximum Gasteiger partial charge on any atom is 0.262 e. The largest absolute Gasteiger partial charge is 0.369 e. The van der Waals surface area contributed by atoms with Crippen molar-refractivity contribution in [3.8, 4) is 0 Å². The van der Waals surface area contributed by atoms with E-state index in [4.69, 9.17) is 0 Å². The number of carbonyl (C=O) groups is 5. The molecule has 2 saturated heterocycles. The zero-order valence-corrected chi connectivity index (χ0v) is 22.5. The second-order valence-corrected chi connectivity index (χ2v) is 10.8. The highest BCUT2D eigenvalue weighted by Gasteiger charge is 2.44. The molecule has 3 heterocycles. The van der Waals surface area contributed by atoms with E-state index in [1.165, 1.54) is 0 Å². The molecule has 206 valence electrons. The SMILES string of the molecule is CC(C)CCC(=O)NCCCCCN1CCN(c2ccc3c(c2)C(=O)N(C2CCC(=O)NC2=O)C3=O)CC1. The summed E-state index contributed by atoms with van der Waals surface area (Å²) in [6.45, 7) is 9.49. The molecule has 1 aromatic carbocycles. The van der Waals surface area contributed by atoms with Crippen molar-refractivity contribution in [2.24, 2.45) is 5.92 Å². The predicted octanol–water partition coefficient (Wildman–Crippen LogP) is 1.93. The summed E-state index contributed by atoms with van der Waals surface area (Å²) in [5, 5.41) is 5.23. The van der Waals surface area contributed by atoms with Crippen LogP contribution in [0.1, 0.15) is 79.5 Å². The van der Waals surface area contributed by atoms with Crippen LogP contribution in [0.3, 0.4) is 0 Å². The Morgan fingerprint density at radius 1 is 1.00 bits per heavy atom. The Kier molecular flexibility index (Phi) is 9.14. The standard InChI is InChI=1S/C28H39N5O5/c1-19(2)6-10-24(34)29-12-4-3-5-13-31-14-16-32(17-15-31)20-7-8-21-22(18-20)28(38)33(27(21)37)23-9-11-25(35)30-26(23)36/h7-8,18-19,23H,3-6,9-17H2,1-2H3,(H,29,34)(H,30,35,36). The van der Waals surface area contributed by atoms with Crippen LogP contribution >= 0.6 is 0 Å². The second kappa shape index (κ2) is 12.5. The lowest BCUT2D eigenvalue weighted by atomic mass is 10.0. The molecule has 0 aromatic heterocycles. The molecule has 0 spiro atoms. The summed E-state index contributed by atoms with van der Waals surface area (Å²) in [6, 6.07) is 4.34. The number of piperazine rings is 1. The molecule has 1 atom stereocenters. The molecule has 38 heavy (non-hydrogen) atoms. The highest BCUT2D eigenvalue weighted by atomic mass is 16.2. The van der Waals surface area contributed by atoms with Crippen molar-refractivity contribution in [2.45, 2.75) is 64.8 Å². The van der Waals surface area contributed by atoms with Gasteiger partial charge in [0, 0.05) is 51.3 Å². The van der Waals surface area contributed by atoms with Crippen LogP contribution in [0.2, 0.25) is 0 Å². The Balaban J connectivity index is 1.21. The molecule has 1 unspecified atom stereocenters. The Labute approximate surface area is 224 Å². The van der Waals surface area contributed by atoms with E-state index in [1.807, 2.05) is 6.07 Å². The van der Waals surface area contributed by atoms with E-state index >= 15 is 0 Å². The van der Waals surface area contributed by atoms with Gasteiger partial charge in [-0.1, -0.05) is 20.3 Å². The Morgan fingerprint density at radius 2 is 1.74 bits per heavy atom. The number of carbonyl (C=O) groups excluding carboxylic acids is 5. The molecule has 0 aliphatic carbocycles. The molecule has 2 fully saturated rings. The number of benzene rings is 1. The van der Waals surface area contributed by atoms with E-state index in [0.29, 0.717) is 23.5 Å². The van der Waals surface area contributed by atoms with E-state index < -0.39 is 23.8 Å². The third-order valence-electron chi connectivity index (χ3n) is 7.58. The topological polar surface area (TPSA) is 119 Å². The van der Waals surface area contributed by atoms with Gasteiger partial charge in [-0.25, -0.2) is 0 Å². The summed E-state index contributed by atoms with van der Waals surface area (Å²) in [5.74, 6) is -1.24. The van der Waals surface area contributed by atoms with Crippen molar-refractivity contribution in [1.29, 1.82) is 0 Å². The molecule has 10 nitrogen and oxygen atoms in total. The molecule has 0 bridgehead atoms. The molecular weight excluding hydrogens is 486 g/mol. The summed E-state index contributed by atoms with van der Waals surface area (Å²) < 4.78 is 0. The molecule has 4 rings (SSSR count). The molecule has 0 saturated carbocycles. The van der Waals surface area contributed by atoms with Crippen molar-refractivity contribution in [3.63, 3.8) is 0 Å². The van der Waals surface area contributed by atoms with E-state index in [1.54, 1.807) is 12.1 Å². The van der Waals surface area contributed by atoms with Gasteiger partial charge in [-0.15, -0.1) is 0 Å². The van der Waals surface area contributed by atoms with Crippen molar-refractivity contribution in [1.82, 2.24) is 20.4 Å². The molecule has 3 aliphatic rings. The van der Waals surface area contributed by atoms with Gasteiger partial charge >= 0.3 is 0 Å². The van der Waals surface area contributed by atoms with E-state index in [0.717, 1.165) is 75.5 Å². The summed E-state index contributed by atoms with van der Waals surface area (Å²) >= 11 is 0. The van der Waals surface area contributed by atoms with Crippen molar-refractivity contribution in [2.75, 3.05) is 44.2 Å². The molecular formula is C28H39N5O5. The number of nitrogens with one attached hydrogen (secondary N) is 2. The number of rotatable bonds is 11. The molecule has 1 aromatic rings. The number of piperidine rings is 1. The highest BCUT2D eigenvalue weighted by Crippen LogP contribution is 2.31. The van der Waals surface area contributed by atoms with E-state index in [9.17, 15) is 24.0 Å². The van der Waals surface area contributed by atoms with Crippen LogP contribution in [0.15, 0.2) is 18.2 Å². The Bertz CT molecular complexity index is 1080. The van der Waals surface area contributed by atoms with Crippen LogP contribution < -0.4 is 15.5 Å². The van der Waals surface area contributed by atoms with Crippen LogP contribution in [0.25, 0.3) is 0 Å². The number of unbranched alkanes of at least 4 members (excludes halogenated alkanes) is 2. The zero-order valence-electron chi connectivity index (χ0n) is 22.5. The van der Waals surface area contributed by atoms with Gasteiger partial charge in [-0.05, 0) is 56.3 Å². The van der Waals surface area contributed by atoms with E-state index in [-0.39, 0.29) is 24.7 Å². The minimum absolute atomic E-state index is 0.106. The average molecular weight is 526 g/mol. The normalized spacial score (nSPS) is 20.2. The molecule has 3 aliphatic heterocycles. The first-order valence-electron chi connectivity index (χ1n) is 13.8. The summed E-state index contributed by atoms with van der Waals surface area (Å²) in [5.41, 5.74) is 1.51. The van der Waals surface area contributed by atoms with Gasteiger partial charge in [0.1, 0.15) is 6.04 Å². The number of hydrogen-bond acceptors (Lipinski definition) is 7. The first kappa shape index (κ1) is 27.8. The van der Waals surface area contributed by atoms with Gasteiger partial charge in [0.2, 0.25) is 17.7 Å². The van der Waals surface area contributed by atoms with Gasteiger partial charge in [0.25, 0.3) is 11.8 Å². The van der Waals surface area contributed by atoms with Crippen LogP contribution in [0, 0.1) is 5.92 Å². The fourth-order valence-electron chi connectivity index (χ4n) is 5.26. The lowest BCUT2D eigenvalue weighted by Gasteiger charge is -2.36. The van der Waals surface area contributed by atoms with Crippen molar-refractivity contribution in [3.05, 3.63) is 29.3 Å². The number of fused-ring (bicyclic) bond motifs is 1. The number of imide groups is 2. The molecule has 5 amide bonds. The first-order valence-corrected chi connectivity index (χ1v) is 13.8. The van der Waals surface area contributed by atoms with Crippen LogP contribution in [-0.2, 0) is 14.4 Å². The Hall–Kier alpha value is -3.27. The summed E-state index contributed by atoms with van der Waals surface area (Å²) in [4.78, 5) is 67.2. The lowest BCUT2D eigenvalue weighted by molar-refractivity contribution is -0.136. The maximum absolute atomic E-state index is 13.1. The average Bonchev–Trinajstić information content (AvgIpc) is 3.14. The van der Waals surface area contributed by atoms with Crippen LogP contribution in [0.4, 0.5) is 5.69 Å². The van der Waals surface area contributed by atoms with Gasteiger partial charge in [-0.3, -0.25) is 39.1 Å². The van der Waals surface area contributed by atoms with Crippen molar-refractivity contribution < 1.29 is 24.0 Å². The van der Waals surface area contributed by atoms with Gasteiger partial charge < -0.3 is 10.2 Å². The zero-order chi connectivity index (χ0) is 27.2. The lowest BCUT2D eigenvalue weighted by Crippen LogP contribution is -2.54. The third kappa shape index (κ3) is 6.59. The summed E-state index contributed by atoms with van der Waals surface area (Å²) in [6.07, 6.45) is 4.95. The minimum atomic E-state index is -0.951. The van der Waals surface area contributed by atoms with Gasteiger partial charge in [0.15, 0.2) is 0 Å². The van der Waals surface area contributed by atoms with Crippen molar-refractivity contribution >= 4 is 35.2 Å². The molecule has 10 heteroatoms. The Morgan fingerprint density at radius 3 is 2.45 bits per heavy atom. The smallest absolute Gasteiger partial charge is 0.262 e. The quantitative estimate of drug-likeness (QED) is 0.335. The maximum atomic E-state index is 13.1. The fraction of sp³-hybridized carbons (Fsp3) is 0.607. The molecule has 0 radical (unpaired) electrons. The third-order valence-corrected chi connectivity index (χ3v) is 7.58. The fourth-order valence-corrected chi connectivity index (χ4v) is 5.26. The number of nitrogens with zero attached hydrogens (tertiary/aromatic N) is 3. The molecule has 2 N–H and O–H groups in total. The van der Waals surface area contributed by atoms with Crippen LogP contribution in [-0.4, -0.2) is 84.6 Å². The summed E-state index contributed by atoms with van der Waals surface area (Å²) in [7, 11) is 0. The van der Waals surface area contributed by atoms with E-state index in [2.05, 4.69) is 34.3 Å². The first-order chi connectivity index (χ1) is 18.2. The monoisotopic (exact) mass is 525 g/mol. The predicted molar refractivity (Wildman–Crippen MR) is 143 cm³/mol.